The number of alkyl halides is 1. The number of ether oxygens (including phenoxy) is 1. The lowest BCUT2D eigenvalue weighted by atomic mass is 10.3. The smallest absolute Gasteiger partial charge is 0.252 e. The van der Waals surface area contributed by atoms with Gasteiger partial charge in [0.25, 0.3) is 10.0 Å². The van der Waals surface area contributed by atoms with E-state index in [-0.39, 0.29) is 16.4 Å². The van der Waals surface area contributed by atoms with Gasteiger partial charge in [0.15, 0.2) is 0 Å². The molecule has 0 radical (unpaired) electrons. The highest BCUT2D eigenvalue weighted by Gasteiger charge is 2.34. The summed E-state index contributed by atoms with van der Waals surface area (Å²) < 4.78 is 33.1. The Labute approximate surface area is 138 Å². The fourth-order valence-corrected chi connectivity index (χ4v) is 6.32. The second kappa shape index (κ2) is 6.29. The zero-order valence-electron chi connectivity index (χ0n) is 9.98. The highest BCUT2D eigenvalue weighted by atomic mass is 79.9. The van der Waals surface area contributed by atoms with Gasteiger partial charge in [0.2, 0.25) is 0 Å². The third-order valence-corrected chi connectivity index (χ3v) is 8.16. The van der Waals surface area contributed by atoms with Crippen LogP contribution in [0, 0.1) is 0 Å². The van der Waals surface area contributed by atoms with Crippen LogP contribution in [0.4, 0.5) is 0 Å². The maximum atomic E-state index is 12.5. The summed E-state index contributed by atoms with van der Waals surface area (Å²) in [7, 11) is -3.50. The summed E-state index contributed by atoms with van der Waals surface area (Å²) in [5, 5.41) is 1.03. The van der Waals surface area contributed by atoms with Crippen molar-refractivity contribution in [2.75, 3.05) is 18.4 Å². The Morgan fingerprint density at radius 2 is 2.26 bits per heavy atom. The second-order valence-electron chi connectivity index (χ2n) is 4.23. The van der Waals surface area contributed by atoms with Crippen LogP contribution in [0.2, 0.25) is 5.02 Å². The van der Waals surface area contributed by atoms with Gasteiger partial charge in [0, 0.05) is 18.4 Å². The van der Waals surface area contributed by atoms with Crippen LogP contribution in [0.1, 0.15) is 6.92 Å². The number of halogens is 3. The largest absolute Gasteiger partial charge is 0.372 e. The molecule has 9 heteroatoms. The molecule has 0 spiro atoms. The maximum Gasteiger partial charge on any atom is 0.252 e. The minimum absolute atomic E-state index is 0.120. The Morgan fingerprint density at radius 1 is 1.58 bits per heavy atom. The van der Waals surface area contributed by atoms with E-state index in [4.69, 9.17) is 16.3 Å². The summed E-state index contributed by atoms with van der Waals surface area (Å²) in [6.07, 6.45) is -0.248. The van der Waals surface area contributed by atoms with E-state index in [0.29, 0.717) is 27.2 Å². The zero-order valence-corrected chi connectivity index (χ0v) is 15.5. The average molecular weight is 454 g/mol. The third kappa shape index (κ3) is 3.53. The van der Waals surface area contributed by atoms with Crippen molar-refractivity contribution in [2.24, 2.45) is 0 Å². The predicted molar refractivity (Wildman–Crippen MR) is 83.9 cm³/mol. The molecular weight excluding hydrogens is 442 g/mol. The number of rotatable bonds is 3. The summed E-state index contributed by atoms with van der Waals surface area (Å²) in [6.45, 7) is 2.58. The van der Waals surface area contributed by atoms with Crippen LogP contribution in [0.5, 0.6) is 0 Å². The van der Waals surface area contributed by atoms with Gasteiger partial charge >= 0.3 is 0 Å². The molecule has 0 aliphatic carbocycles. The monoisotopic (exact) mass is 451 g/mol. The molecule has 0 amide bonds. The maximum absolute atomic E-state index is 12.5. The first kappa shape index (κ1) is 16.2. The minimum Gasteiger partial charge on any atom is -0.372 e. The van der Waals surface area contributed by atoms with Crippen molar-refractivity contribution in [1.29, 1.82) is 0 Å². The van der Waals surface area contributed by atoms with Crippen LogP contribution < -0.4 is 0 Å². The fraction of sp³-hybridized carbons (Fsp3) is 0.600. The van der Waals surface area contributed by atoms with E-state index in [0.717, 1.165) is 11.3 Å². The summed E-state index contributed by atoms with van der Waals surface area (Å²) in [5.74, 6) is 0. The average Bonchev–Trinajstić information content (AvgIpc) is 2.69. The van der Waals surface area contributed by atoms with Crippen molar-refractivity contribution in [3.63, 3.8) is 0 Å². The Balaban J connectivity index is 2.28. The van der Waals surface area contributed by atoms with Crippen molar-refractivity contribution >= 4 is 64.8 Å². The quantitative estimate of drug-likeness (QED) is 0.660. The van der Waals surface area contributed by atoms with Gasteiger partial charge in [-0.05, 0) is 28.9 Å². The molecule has 2 heterocycles. The van der Waals surface area contributed by atoms with Gasteiger partial charge in [-0.3, -0.25) is 0 Å². The van der Waals surface area contributed by atoms with Crippen molar-refractivity contribution in [1.82, 2.24) is 4.31 Å². The number of morpholine rings is 1. The van der Waals surface area contributed by atoms with Gasteiger partial charge in [-0.25, -0.2) is 8.42 Å². The molecule has 1 aliphatic heterocycles. The molecule has 1 aliphatic rings. The number of thiophene rings is 1. The Morgan fingerprint density at radius 3 is 2.79 bits per heavy atom. The van der Waals surface area contributed by atoms with Gasteiger partial charge in [-0.2, -0.15) is 4.31 Å². The van der Waals surface area contributed by atoms with Crippen LogP contribution in [0.25, 0.3) is 0 Å². The Kier molecular flexibility index (Phi) is 5.36. The molecule has 0 aromatic carbocycles. The first-order valence-electron chi connectivity index (χ1n) is 5.51. The summed E-state index contributed by atoms with van der Waals surface area (Å²) >= 11 is 13.6. The molecule has 1 fully saturated rings. The molecule has 108 valence electrons. The van der Waals surface area contributed by atoms with E-state index in [1.54, 1.807) is 0 Å². The van der Waals surface area contributed by atoms with Crippen molar-refractivity contribution in [3.05, 3.63) is 14.9 Å². The molecule has 0 N–H and O–H groups in total. The summed E-state index contributed by atoms with van der Waals surface area (Å²) in [6, 6.07) is 1.48. The van der Waals surface area contributed by atoms with Crippen LogP contribution in [0.15, 0.2) is 14.1 Å². The predicted octanol–water partition coefficient (Wildman–Crippen LogP) is 3.34. The first-order valence-corrected chi connectivity index (χ1v) is 10.1. The van der Waals surface area contributed by atoms with Crippen LogP contribution in [-0.2, 0) is 14.8 Å². The number of nitrogens with zero attached hydrogens (tertiary/aromatic N) is 1. The van der Waals surface area contributed by atoms with Gasteiger partial charge in [0.1, 0.15) is 4.21 Å². The molecule has 2 atom stereocenters. The van der Waals surface area contributed by atoms with E-state index in [1.165, 1.54) is 10.4 Å². The lowest BCUT2D eigenvalue weighted by molar-refractivity contribution is -0.0410. The molecule has 0 saturated carbocycles. The van der Waals surface area contributed by atoms with Gasteiger partial charge in [-0.15, -0.1) is 11.3 Å². The zero-order chi connectivity index (χ0) is 14.2. The summed E-state index contributed by atoms with van der Waals surface area (Å²) in [4.78, 5) is 0. The SMILES string of the molecule is CC1CN(S(=O)(=O)c2cc(Cl)c(Br)s2)CC(CBr)O1. The number of hydrogen-bond acceptors (Lipinski definition) is 4. The molecule has 1 aromatic rings. The topological polar surface area (TPSA) is 46.6 Å². The second-order valence-corrected chi connectivity index (χ2v) is 9.82. The van der Waals surface area contributed by atoms with E-state index in [2.05, 4.69) is 31.9 Å². The van der Waals surface area contributed by atoms with E-state index in [9.17, 15) is 8.42 Å². The number of hydrogen-bond donors (Lipinski definition) is 0. The Bertz CT molecular complexity index is 544. The molecule has 4 nitrogen and oxygen atoms in total. The van der Waals surface area contributed by atoms with Gasteiger partial charge in [-0.1, -0.05) is 27.5 Å². The van der Waals surface area contributed by atoms with Crippen LogP contribution >= 0.6 is 54.8 Å². The minimum atomic E-state index is -3.50. The lowest BCUT2D eigenvalue weighted by Gasteiger charge is -2.34. The molecule has 2 rings (SSSR count). The first-order chi connectivity index (χ1) is 8.84. The third-order valence-electron chi connectivity index (χ3n) is 2.68. The van der Waals surface area contributed by atoms with Crippen molar-refractivity contribution in [2.45, 2.75) is 23.3 Å². The van der Waals surface area contributed by atoms with Crippen LogP contribution in [0.3, 0.4) is 0 Å². The molecule has 2 unspecified atom stereocenters. The van der Waals surface area contributed by atoms with E-state index in [1.807, 2.05) is 6.92 Å². The van der Waals surface area contributed by atoms with Gasteiger partial charge < -0.3 is 4.74 Å². The normalized spacial score (nSPS) is 25.7. The molecule has 0 bridgehead atoms. The van der Waals surface area contributed by atoms with Gasteiger partial charge in [0.05, 0.1) is 21.0 Å². The van der Waals surface area contributed by atoms with Crippen LogP contribution in [-0.4, -0.2) is 43.4 Å². The molecule has 1 saturated heterocycles. The van der Waals surface area contributed by atoms with E-state index >= 15 is 0 Å². The number of sulfonamides is 1. The van der Waals surface area contributed by atoms with E-state index < -0.39 is 10.0 Å². The lowest BCUT2D eigenvalue weighted by Crippen LogP contribution is -2.49. The molecular formula is C10H12Br2ClNO3S2. The molecule has 19 heavy (non-hydrogen) atoms. The highest BCUT2D eigenvalue weighted by Crippen LogP contribution is 2.36. The highest BCUT2D eigenvalue weighted by molar-refractivity contribution is 9.11. The summed E-state index contributed by atoms with van der Waals surface area (Å²) in [5.41, 5.74) is 0. The standard InChI is InChI=1S/C10H12Br2ClNO3S2/c1-6-4-14(5-7(3-11)17-6)19(15,16)9-2-8(13)10(12)18-9/h2,6-7H,3-5H2,1H3. The van der Waals surface area contributed by atoms with Crippen molar-refractivity contribution < 1.29 is 13.2 Å². The van der Waals surface area contributed by atoms with Crippen molar-refractivity contribution in [3.8, 4) is 0 Å². The molecule has 1 aromatic heterocycles. The fourth-order valence-electron chi connectivity index (χ4n) is 1.87. The Hall–Kier alpha value is 0.820.